The molecule has 1 saturated carbocycles. The van der Waals surface area contributed by atoms with Crippen LogP contribution in [0.4, 0.5) is 0 Å². The van der Waals surface area contributed by atoms with Crippen molar-refractivity contribution in [1.82, 2.24) is 15.5 Å². The minimum atomic E-state index is 0. The molecule has 0 aromatic heterocycles. The fourth-order valence-corrected chi connectivity index (χ4v) is 4.25. The van der Waals surface area contributed by atoms with E-state index < -0.39 is 0 Å². The highest BCUT2D eigenvalue weighted by Crippen LogP contribution is 2.25. The fraction of sp³-hybridized carbons (Fsp3) is 0.682. The van der Waals surface area contributed by atoms with Crippen LogP contribution >= 0.6 is 24.0 Å². The Labute approximate surface area is 187 Å². The number of likely N-dealkylation sites (tertiary alicyclic amines) is 1. The van der Waals surface area contributed by atoms with Crippen molar-refractivity contribution in [3.8, 4) is 0 Å². The average Bonchev–Trinajstić information content (AvgIpc) is 2.74. The number of nitrogens with one attached hydrogen (secondary N) is 2. The zero-order valence-corrected chi connectivity index (χ0v) is 19.6. The van der Waals surface area contributed by atoms with Gasteiger partial charge in [0.2, 0.25) is 0 Å². The molecule has 0 atom stereocenters. The second kappa shape index (κ2) is 13.4. The number of rotatable bonds is 7. The van der Waals surface area contributed by atoms with Crippen molar-refractivity contribution in [2.75, 3.05) is 33.3 Å². The van der Waals surface area contributed by atoms with E-state index in [4.69, 9.17) is 4.74 Å². The first-order valence-electron chi connectivity index (χ1n) is 10.7. The van der Waals surface area contributed by atoms with E-state index in [1.54, 1.807) is 0 Å². The number of benzene rings is 1. The number of guanidine groups is 1. The smallest absolute Gasteiger partial charge is 0.191 e. The van der Waals surface area contributed by atoms with Gasteiger partial charge in [-0.15, -0.1) is 24.0 Å². The summed E-state index contributed by atoms with van der Waals surface area (Å²) in [7, 11) is 1.84. The first-order valence-corrected chi connectivity index (χ1v) is 10.7. The van der Waals surface area contributed by atoms with E-state index in [0.29, 0.717) is 19.3 Å². The second-order valence-electron chi connectivity index (χ2n) is 7.78. The number of piperidine rings is 1. The predicted molar refractivity (Wildman–Crippen MR) is 127 cm³/mol. The summed E-state index contributed by atoms with van der Waals surface area (Å²) >= 11 is 0. The highest BCUT2D eigenvalue weighted by Gasteiger charge is 2.26. The van der Waals surface area contributed by atoms with Crippen LogP contribution in [0.25, 0.3) is 0 Å². The Hall–Kier alpha value is -0.860. The third-order valence-corrected chi connectivity index (χ3v) is 5.84. The van der Waals surface area contributed by atoms with Crippen molar-refractivity contribution in [3.05, 3.63) is 35.9 Å². The Kier molecular flexibility index (Phi) is 11.2. The van der Waals surface area contributed by atoms with Crippen LogP contribution in [0, 0.1) is 0 Å². The number of ether oxygens (including phenoxy) is 1. The minimum Gasteiger partial charge on any atom is -0.375 e. The number of hydrogen-bond acceptors (Lipinski definition) is 3. The summed E-state index contributed by atoms with van der Waals surface area (Å²) in [5, 5.41) is 6.97. The molecule has 6 heteroatoms. The van der Waals surface area contributed by atoms with Gasteiger partial charge < -0.3 is 20.3 Å². The minimum absolute atomic E-state index is 0. The lowest BCUT2D eigenvalue weighted by atomic mass is 9.92. The summed E-state index contributed by atoms with van der Waals surface area (Å²) in [6.45, 7) is 4.55. The van der Waals surface area contributed by atoms with E-state index in [9.17, 15) is 0 Å². The number of aliphatic imine (C=N–C) groups is 1. The Morgan fingerprint density at radius 3 is 2.46 bits per heavy atom. The monoisotopic (exact) mass is 500 g/mol. The van der Waals surface area contributed by atoms with Gasteiger partial charge in [0.1, 0.15) is 0 Å². The van der Waals surface area contributed by atoms with E-state index in [0.717, 1.165) is 18.5 Å². The highest BCUT2D eigenvalue weighted by molar-refractivity contribution is 14.0. The van der Waals surface area contributed by atoms with Crippen molar-refractivity contribution in [3.63, 3.8) is 0 Å². The maximum atomic E-state index is 5.73. The molecular weight excluding hydrogens is 463 g/mol. The van der Waals surface area contributed by atoms with Crippen LogP contribution in [0.1, 0.15) is 50.5 Å². The van der Waals surface area contributed by atoms with Gasteiger partial charge in [0.25, 0.3) is 0 Å². The molecule has 1 aliphatic heterocycles. The average molecular weight is 500 g/mol. The molecule has 0 unspecified atom stereocenters. The summed E-state index contributed by atoms with van der Waals surface area (Å²) < 4.78 is 5.73. The maximum absolute atomic E-state index is 5.73. The van der Waals surface area contributed by atoms with Gasteiger partial charge in [-0.3, -0.25) is 4.99 Å². The molecule has 5 nitrogen and oxygen atoms in total. The molecule has 0 spiro atoms. The largest absolute Gasteiger partial charge is 0.375 e. The lowest BCUT2D eigenvalue weighted by Crippen LogP contribution is -2.51. The summed E-state index contributed by atoms with van der Waals surface area (Å²) in [4.78, 5) is 7.10. The third kappa shape index (κ3) is 7.87. The molecule has 1 aromatic rings. The Morgan fingerprint density at radius 1 is 1.07 bits per heavy atom. The normalized spacial score (nSPS) is 19.8. The first-order chi connectivity index (χ1) is 13.3. The van der Waals surface area contributed by atoms with Gasteiger partial charge in [0.05, 0.1) is 13.2 Å². The lowest BCUT2D eigenvalue weighted by molar-refractivity contribution is 0.118. The molecule has 1 aromatic carbocycles. The predicted octanol–water partition coefficient (Wildman–Crippen LogP) is 3.78. The summed E-state index contributed by atoms with van der Waals surface area (Å²) in [6, 6.07) is 11.7. The molecule has 0 radical (unpaired) electrons. The van der Waals surface area contributed by atoms with Crippen LogP contribution in [-0.4, -0.2) is 56.2 Å². The van der Waals surface area contributed by atoms with Crippen LogP contribution in [0.15, 0.2) is 35.3 Å². The summed E-state index contributed by atoms with van der Waals surface area (Å²) in [6.07, 6.45) is 9.51. The van der Waals surface area contributed by atoms with Crippen LogP contribution in [-0.2, 0) is 11.3 Å². The van der Waals surface area contributed by atoms with Crippen LogP contribution < -0.4 is 10.6 Å². The first kappa shape index (κ1) is 23.4. The number of nitrogens with zero attached hydrogens (tertiary/aromatic N) is 2. The second-order valence-corrected chi connectivity index (χ2v) is 7.78. The van der Waals surface area contributed by atoms with Gasteiger partial charge in [-0.25, -0.2) is 0 Å². The Morgan fingerprint density at radius 2 is 1.79 bits per heavy atom. The number of hydrogen-bond donors (Lipinski definition) is 2. The third-order valence-electron chi connectivity index (χ3n) is 5.84. The van der Waals surface area contributed by atoms with E-state index in [1.807, 2.05) is 25.2 Å². The molecule has 2 N–H and O–H groups in total. The molecular formula is C22H37IN4O. The maximum Gasteiger partial charge on any atom is 0.191 e. The molecule has 3 rings (SSSR count). The van der Waals surface area contributed by atoms with Gasteiger partial charge in [0.15, 0.2) is 5.96 Å². The molecule has 1 saturated heterocycles. The van der Waals surface area contributed by atoms with Gasteiger partial charge in [-0.1, -0.05) is 49.6 Å². The van der Waals surface area contributed by atoms with E-state index in [1.165, 1.54) is 63.6 Å². The van der Waals surface area contributed by atoms with Crippen LogP contribution in [0.3, 0.4) is 0 Å². The van der Waals surface area contributed by atoms with Crippen LogP contribution in [0.5, 0.6) is 0 Å². The zero-order valence-electron chi connectivity index (χ0n) is 17.2. The molecule has 1 heterocycles. The van der Waals surface area contributed by atoms with Crippen LogP contribution in [0.2, 0.25) is 0 Å². The summed E-state index contributed by atoms with van der Waals surface area (Å²) in [5.41, 5.74) is 1.21. The Bertz CT molecular complexity index is 555. The van der Waals surface area contributed by atoms with Gasteiger partial charge in [-0.2, -0.15) is 0 Å². The Balaban J connectivity index is 0.00000280. The molecule has 0 amide bonds. The lowest BCUT2D eigenvalue weighted by Gasteiger charge is -2.39. The quantitative estimate of drug-likeness (QED) is 0.259. The van der Waals surface area contributed by atoms with Crippen molar-refractivity contribution in [1.29, 1.82) is 0 Å². The van der Waals surface area contributed by atoms with Crippen molar-refractivity contribution in [2.24, 2.45) is 4.99 Å². The molecule has 158 valence electrons. The van der Waals surface area contributed by atoms with Crippen molar-refractivity contribution >= 4 is 29.9 Å². The van der Waals surface area contributed by atoms with E-state index in [-0.39, 0.29) is 24.0 Å². The highest BCUT2D eigenvalue weighted by atomic mass is 127. The molecule has 2 fully saturated rings. The fourth-order valence-electron chi connectivity index (χ4n) is 4.25. The number of halogens is 1. The molecule has 1 aliphatic carbocycles. The standard InChI is InChI=1S/C22H36N4O.HI/c1-23-22(24-14-17-27-18-19-8-4-2-5-9-19)25-20-12-15-26(16-13-20)21-10-6-3-7-11-21;/h2,4-5,8-9,20-21H,3,6-7,10-18H2,1H3,(H2,23,24,25);1H. The van der Waals surface area contributed by atoms with Gasteiger partial charge >= 0.3 is 0 Å². The molecule has 28 heavy (non-hydrogen) atoms. The van der Waals surface area contributed by atoms with Crippen molar-refractivity contribution < 1.29 is 4.74 Å². The topological polar surface area (TPSA) is 48.9 Å². The zero-order chi connectivity index (χ0) is 18.7. The van der Waals surface area contributed by atoms with E-state index in [2.05, 4.69) is 32.7 Å². The van der Waals surface area contributed by atoms with Gasteiger partial charge in [0, 0.05) is 38.8 Å². The summed E-state index contributed by atoms with van der Waals surface area (Å²) in [5.74, 6) is 0.898. The van der Waals surface area contributed by atoms with Gasteiger partial charge in [-0.05, 0) is 31.2 Å². The molecule has 0 bridgehead atoms. The SMILES string of the molecule is CN=C(NCCOCc1ccccc1)NC1CCN(C2CCCCC2)CC1.I. The van der Waals surface area contributed by atoms with E-state index >= 15 is 0 Å². The molecule has 2 aliphatic rings. The van der Waals surface area contributed by atoms with Crippen molar-refractivity contribution in [2.45, 2.75) is 63.6 Å².